The van der Waals surface area contributed by atoms with Crippen molar-refractivity contribution in [2.24, 2.45) is 0 Å². The summed E-state index contributed by atoms with van der Waals surface area (Å²) in [5.74, 6) is -1.48. The number of hydrogen-bond acceptors (Lipinski definition) is 3. The highest BCUT2D eigenvalue weighted by molar-refractivity contribution is 5.90. The van der Waals surface area contributed by atoms with E-state index < -0.39 is 17.8 Å². The lowest BCUT2D eigenvalue weighted by Crippen LogP contribution is -2.41. The van der Waals surface area contributed by atoms with E-state index in [9.17, 15) is 14.0 Å². The van der Waals surface area contributed by atoms with Gasteiger partial charge in [-0.2, -0.15) is 0 Å². The number of urea groups is 1. The van der Waals surface area contributed by atoms with E-state index in [-0.39, 0.29) is 24.8 Å². The Hall–Kier alpha value is -2.31. The third-order valence-corrected chi connectivity index (χ3v) is 2.85. The SMILES string of the molecule is COc1cc(NC(=O)N(CCC(=O)O)C(C)C)ccc1F. The fourth-order valence-corrected chi connectivity index (χ4v) is 1.74. The molecule has 0 spiro atoms. The zero-order chi connectivity index (χ0) is 16.0. The van der Waals surface area contributed by atoms with Crippen LogP contribution in [0.15, 0.2) is 18.2 Å². The van der Waals surface area contributed by atoms with Gasteiger partial charge in [0.15, 0.2) is 11.6 Å². The minimum Gasteiger partial charge on any atom is -0.494 e. The van der Waals surface area contributed by atoms with Crippen LogP contribution in [0.5, 0.6) is 5.75 Å². The number of benzene rings is 1. The summed E-state index contributed by atoms with van der Waals surface area (Å²) in [6, 6.07) is 3.35. The van der Waals surface area contributed by atoms with Gasteiger partial charge in [0.25, 0.3) is 0 Å². The maximum atomic E-state index is 13.3. The molecule has 2 N–H and O–H groups in total. The van der Waals surface area contributed by atoms with Crippen LogP contribution in [0.2, 0.25) is 0 Å². The summed E-state index contributed by atoms with van der Waals surface area (Å²) in [7, 11) is 1.33. The van der Waals surface area contributed by atoms with Gasteiger partial charge in [-0.05, 0) is 26.0 Å². The van der Waals surface area contributed by atoms with Gasteiger partial charge in [0.05, 0.1) is 13.5 Å². The molecule has 0 unspecified atom stereocenters. The van der Waals surface area contributed by atoms with E-state index in [2.05, 4.69) is 5.32 Å². The van der Waals surface area contributed by atoms with Crippen molar-refractivity contribution in [1.82, 2.24) is 4.90 Å². The van der Waals surface area contributed by atoms with E-state index in [1.807, 2.05) is 0 Å². The highest BCUT2D eigenvalue weighted by atomic mass is 19.1. The average Bonchev–Trinajstić information content (AvgIpc) is 2.40. The Morgan fingerprint density at radius 3 is 2.62 bits per heavy atom. The Labute approximate surface area is 122 Å². The largest absolute Gasteiger partial charge is 0.494 e. The summed E-state index contributed by atoms with van der Waals surface area (Å²) in [5, 5.41) is 11.3. The zero-order valence-electron chi connectivity index (χ0n) is 12.2. The van der Waals surface area contributed by atoms with Crippen LogP contribution in [0.1, 0.15) is 20.3 Å². The van der Waals surface area contributed by atoms with Gasteiger partial charge in [-0.3, -0.25) is 4.79 Å². The molecule has 2 amide bonds. The van der Waals surface area contributed by atoms with Crippen LogP contribution in [-0.2, 0) is 4.79 Å². The number of methoxy groups -OCH3 is 1. The number of anilines is 1. The van der Waals surface area contributed by atoms with Gasteiger partial charge in [0.1, 0.15) is 0 Å². The smallest absolute Gasteiger partial charge is 0.322 e. The number of hydrogen-bond donors (Lipinski definition) is 2. The van der Waals surface area contributed by atoms with E-state index in [1.165, 1.54) is 30.2 Å². The van der Waals surface area contributed by atoms with E-state index in [1.54, 1.807) is 13.8 Å². The first-order valence-corrected chi connectivity index (χ1v) is 6.48. The van der Waals surface area contributed by atoms with Crippen LogP contribution in [0.25, 0.3) is 0 Å². The molecular formula is C14H19FN2O4. The molecule has 116 valence electrons. The predicted molar refractivity (Wildman–Crippen MR) is 76.1 cm³/mol. The Morgan fingerprint density at radius 2 is 2.10 bits per heavy atom. The molecule has 0 aliphatic rings. The maximum Gasteiger partial charge on any atom is 0.322 e. The molecule has 6 nitrogen and oxygen atoms in total. The first-order valence-electron chi connectivity index (χ1n) is 6.48. The van der Waals surface area contributed by atoms with Crippen LogP contribution in [-0.4, -0.2) is 41.7 Å². The molecule has 0 atom stereocenters. The van der Waals surface area contributed by atoms with Gasteiger partial charge >= 0.3 is 12.0 Å². The van der Waals surface area contributed by atoms with Gasteiger partial charge in [-0.1, -0.05) is 0 Å². The average molecular weight is 298 g/mol. The van der Waals surface area contributed by atoms with Crippen LogP contribution in [0.3, 0.4) is 0 Å². The Kier molecular flexibility index (Phi) is 5.95. The molecule has 1 aromatic carbocycles. The maximum absolute atomic E-state index is 13.3. The molecule has 1 aromatic rings. The van der Waals surface area contributed by atoms with Crippen LogP contribution in [0.4, 0.5) is 14.9 Å². The first-order chi connectivity index (χ1) is 9.85. The minimum atomic E-state index is -0.975. The highest BCUT2D eigenvalue weighted by Gasteiger charge is 2.18. The van der Waals surface area contributed by atoms with Crippen molar-refractivity contribution in [3.63, 3.8) is 0 Å². The quantitative estimate of drug-likeness (QED) is 0.846. The summed E-state index contributed by atoms with van der Waals surface area (Å²) in [6.07, 6.45) is -0.141. The number of carbonyl (C=O) groups is 2. The van der Waals surface area contributed by atoms with Crippen LogP contribution >= 0.6 is 0 Å². The molecule has 0 heterocycles. The Morgan fingerprint density at radius 1 is 1.43 bits per heavy atom. The zero-order valence-corrected chi connectivity index (χ0v) is 12.2. The Bertz CT molecular complexity index is 520. The first kappa shape index (κ1) is 16.7. The number of carboxylic acid groups (broad SMARTS) is 1. The number of amides is 2. The molecule has 0 fully saturated rings. The van der Waals surface area contributed by atoms with Crippen molar-refractivity contribution in [1.29, 1.82) is 0 Å². The highest BCUT2D eigenvalue weighted by Crippen LogP contribution is 2.21. The van der Waals surface area contributed by atoms with Crippen molar-refractivity contribution in [3.8, 4) is 5.75 Å². The summed E-state index contributed by atoms with van der Waals surface area (Å²) in [6.45, 7) is 3.66. The lowest BCUT2D eigenvalue weighted by molar-refractivity contribution is -0.137. The van der Waals surface area contributed by atoms with Crippen molar-refractivity contribution in [3.05, 3.63) is 24.0 Å². The number of carboxylic acids is 1. The standard InChI is InChI=1S/C14H19FN2O4/c1-9(2)17(7-6-13(18)19)14(20)16-10-4-5-11(15)12(8-10)21-3/h4-5,8-9H,6-7H2,1-3H3,(H,16,20)(H,18,19). The van der Waals surface area contributed by atoms with E-state index in [0.717, 1.165) is 0 Å². The Balaban J connectivity index is 2.79. The summed E-state index contributed by atoms with van der Waals surface area (Å²) < 4.78 is 18.1. The second-order valence-corrected chi connectivity index (χ2v) is 4.71. The normalized spacial score (nSPS) is 10.3. The van der Waals surface area contributed by atoms with Gasteiger partial charge in [-0.25, -0.2) is 9.18 Å². The number of halogens is 1. The number of rotatable bonds is 6. The topological polar surface area (TPSA) is 78.9 Å². The molecule has 21 heavy (non-hydrogen) atoms. The van der Waals surface area contributed by atoms with Gasteiger partial charge in [-0.15, -0.1) is 0 Å². The van der Waals surface area contributed by atoms with Gasteiger partial charge in [0, 0.05) is 24.3 Å². The van der Waals surface area contributed by atoms with Crippen molar-refractivity contribution in [2.75, 3.05) is 19.0 Å². The molecule has 0 aliphatic carbocycles. The van der Waals surface area contributed by atoms with Crippen molar-refractivity contribution in [2.45, 2.75) is 26.3 Å². The van der Waals surface area contributed by atoms with Crippen molar-refractivity contribution >= 4 is 17.7 Å². The third-order valence-electron chi connectivity index (χ3n) is 2.85. The van der Waals surface area contributed by atoms with E-state index in [4.69, 9.17) is 9.84 Å². The third kappa shape index (κ3) is 4.94. The van der Waals surface area contributed by atoms with Gasteiger partial charge < -0.3 is 20.1 Å². The van der Waals surface area contributed by atoms with Gasteiger partial charge in [0.2, 0.25) is 0 Å². The summed E-state index contributed by atoms with van der Waals surface area (Å²) >= 11 is 0. The summed E-state index contributed by atoms with van der Waals surface area (Å²) in [4.78, 5) is 24.1. The minimum absolute atomic E-state index is 0.0226. The number of aliphatic carboxylic acids is 1. The number of ether oxygens (including phenoxy) is 1. The second-order valence-electron chi connectivity index (χ2n) is 4.71. The van der Waals surface area contributed by atoms with Crippen LogP contribution < -0.4 is 10.1 Å². The molecule has 7 heteroatoms. The molecule has 0 saturated carbocycles. The molecule has 0 bridgehead atoms. The molecule has 0 saturated heterocycles. The second kappa shape index (κ2) is 7.47. The number of nitrogens with one attached hydrogen (secondary N) is 1. The molecular weight excluding hydrogens is 279 g/mol. The number of carbonyl (C=O) groups excluding carboxylic acids is 1. The molecule has 0 aromatic heterocycles. The lowest BCUT2D eigenvalue weighted by atomic mass is 10.2. The fraction of sp³-hybridized carbons (Fsp3) is 0.429. The van der Waals surface area contributed by atoms with E-state index >= 15 is 0 Å². The lowest BCUT2D eigenvalue weighted by Gasteiger charge is -2.26. The van der Waals surface area contributed by atoms with E-state index in [0.29, 0.717) is 5.69 Å². The summed E-state index contributed by atoms with van der Waals surface area (Å²) in [5.41, 5.74) is 0.374. The fourth-order valence-electron chi connectivity index (χ4n) is 1.74. The molecule has 0 radical (unpaired) electrons. The predicted octanol–water partition coefficient (Wildman–Crippen LogP) is 2.55. The monoisotopic (exact) mass is 298 g/mol. The number of nitrogens with zero attached hydrogens (tertiary/aromatic N) is 1. The molecule has 0 aliphatic heterocycles. The molecule has 1 rings (SSSR count). The van der Waals surface area contributed by atoms with Crippen LogP contribution in [0, 0.1) is 5.82 Å². The van der Waals surface area contributed by atoms with Crippen molar-refractivity contribution < 1.29 is 23.8 Å².